The number of aromatic nitrogens is 1. The lowest BCUT2D eigenvalue weighted by atomic mass is 10.1. The Morgan fingerprint density at radius 1 is 1.25 bits per heavy atom. The highest BCUT2D eigenvalue weighted by Gasteiger charge is 2.07. The van der Waals surface area contributed by atoms with Crippen LogP contribution in [-0.2, 0) is 17.6 Å². The minimum absolute atomic E-state index is 0.0740. The van der Waals surface area contributed by atoms with Gasteiger partial charge >= 0.3 is 5.76 Å². The van der Waals surface area contributed by atoms with Crippen LogP contribution in [-0.4, -0.2) is 24.5 Å². The van der Waals surface area contributed by atoms with Gasteiger partial charge in [0, 0.05) is 6.54 Å². The summed E-state index contributed by atoms with van der Waals surface area (Å²) >= 11 is 0. The predicted octanol–water partition coefficient (Wildman–Crippen LogP) is 2.03. The van der Waals surface area contributed by atoms with Gasteiger partial charge in [0.1, 0.15) is 5.75 Å². The molecule has 0 saturated carbocycles. The molecule has 1 heterocycles. The second-order valence-corrected chi connectivity index (χ2v) is 5.43. The minimum atomic E-state index is -0.497. The van der Waals surface area contributed by atoms with Gasteiger partial charge in [0.25, 0.3) is 0 Å². The number of hydrogen-bond donors (Lipinski definition) is 2. The Kier molecular flexibility index (Phi) is 4.65. The van der Waals surface area contributed by atoms with Crippen molar-refractivity contribution in [3.63, 3.8) is 0 Å². The fraction of sp³-hybridized carbons (Fsp3) is 0.222. The molecular formula is C18H18N2O4. The fourth-order valence-corrected chi connectivity index (χ4v) is 2.60. The van der Waals surface area contributed by atoms with Crippen LogP contribution in [0.5, 0.6) is 5.75 Å². The van der Waals surface area contributed by atoms with E-state index in [0.717, 1.165) is 16.9 Å². The van der Waals surface area contributed by atoms with Crippen molar-refractivity contribution in [3.8, 4) is 5.75 Å². The number of methoxy groups -OCH3 is 1. The number of nitrogens with one attached hydrogen (secondary N) is 2. The number of ether oxygens (including phenoxy) is 1. The molecule has 1 aromatic heterocycles. The van der Waals surface area contributed by atoms with Crippen LogP contribution in [0.25, 0.3) is 11.1 Å². The Bertz CT molecular complexity index is 911. The number of carbonyl (C=O) groups is 1. The van der Waals surface area contributed by atoms with Crippen LogP contribution in [0.4, 0.5) is 0 Å². The minimum Gasteiger partial charge on any atom is -0.496 e. The van der Waals surface area contributed by atoms with Crippen LogP contribution in [0.1, 0.15) is 11.1 Å². The van der Waals surface area contributed by atoms with E-state index in [-0.39, 0.29) is 12.3 Å². The number of H-pyrrole nitrogens is 1. The first-order valence-corrected chi connectivity index (χ1v) is 7.66. The van der Waals surface area contributed by atoms with Gasteiger partial charge in [-0.2, -0.15) is 0 Å². The zero-order chi connectivity index (χ0) is 16.9. The van der Waals surface area contributed by atoms with Crippen molar-refractivity contribution in [2.75, 3.05) is 13.7 Å². The standard InChI is InChI=1S/C18H18N2O4/c1-23-15-5-3-2-4-13(15)8-9-19-17(21)11-12-6-7-16-14(10-12)20-18(22)24-16/h2-7,10H,8-9,11H2,1H3,(H,19,21)(H,20,22). The summed E-state index contributed by atoms with van der Waals surface area (Å²) in [6.07, 6.45) is 0.943. The van der Waals surface area contributed by atoms with Crippen molar-refractivity contribution in [2.45, 2.75) is 12.8 Å². The highest BCUT2D eigenvalue weighted by molar-refractivity contribution is 5.80. The summed E-state index contributed by atoms with van der Waals surface area (Å²) in [5.74, 6) is 0.250. The number of rotatable bonds is 6. The summed E-state index contributed by atoms with van der Waals surface area (Å²) in [6.45, 7) is 0.532. The van der Waals surface area contributed by atoms with E-state index in [9.17, 15) is 9.59 Å². The SMILES string of the molecule is COc1ccccc1CCNC(=O)Cc1ccc2oc(=O)[nH]c2c1. The van der Waals surface area contributed by atoms with Gasteiger partial charge in [-0.15, -0.1) is 0 Å². The molecule has 0 bridgehead atoms. The quantitative estimate of drug-likeness (QED) is 0.726. The zero-order valence-corrected chi connectivity index (χ0v) is 13.3. The summed E-state index contributed by atoms with van der Waals surface area (Å²) in [5.41, 5.74) is 2.95. The number of hydrogen-bond acceptors (Lipinski definition) is 4. The largest absolute Gasteiger partial charge is 0.496 e. The Morgan fingerprint density at radius 3 is 2.92 bits per heavy atom. The van der Waals surface area contributed by atoms with E-state index in [1.807, 2.05) is 24.3 Å². The van der Waals surface area contributed by atoms with E-state index in [4.69, 9.17) is 9.15 Å². The van der Waals surface area contributed by atoms with Crippen LogP contribution < -0.4 is 15.8 Å². The number of fused-ring (bicyclic) bond motifs is 1. The molecule has 0 aliphatic heterocycles. The zero-order valence-electron chi connectivity index (χ0n) is 13.3. The molecule has 124 valence electrons. The molecule has 6 nitrogen and oxygen atoms in total. The Morgan fingerprint density at radius 2 is 2.08 bits per heavy atom. The lowest BCUT2D eigenvalue weighted by Gasteiger charge is -2.09. The van der Waals surface area contributed by atoms with Gasteiger partial charge in [-0.05, 0) is 35.7 Å². The molecule has 3 aromatic rings. The summed E-state index contributed by atoms with van der Waals surface area (Å²) in [4.78, 5) is 25.8. The lowest BCUT2D eigenvalue weighted by Crippen LogP contribution is -2.27. The second kappa shape index (κ2) is 7.04. The Hall–Kier alpha value is -3.02. The molecular weight excluding hydrogens is 308 g/mol. The van der Waals surface area contributed by atoms with Gasteiger partial charge in [0.2, 0.25) is 5.91 Å². The third kappa shape index (κ3) is 3.65. The topological polar surface area (TPSA) is 84.3 Å². The molecule has 2 N–H and O–H groups in total. The van der Waals surface area contributed by atoms with Crippen LogP contribution >= 0.6 is 0 Å². The average Bonchev–Trinajstić information content (AvgIpc) is 2.94. The maximum atomic E-state index is 12.1. The number of oxazole rings is 1. The molecule has 1 amide bonds. The highest BCUT2D eigenvalue weighted by atomic mass is 16.5. The molecule has 0 atom stereocenters. The number of para-hydroxylation sites is 1. The van der Waals surface area contributed by atoms with E-state index in [1.165, 1.54) is 0 Å². The molecule has 0 aliphatic rings. The molecule has 0 fully saturated rings. The molecule has 2 aromatic carbocycles. The summed E-state index contributed by atoms with van der Waals surface area (Å²) < 4.78 is 10.2. The first-order valence-electron chi connectivity index (χ1n) is 7.66. The van der Waals surface area contributed by atoms with Crippen LogP contribution in [0.3, 0.4) is 0 Å². The summed E-state index contributed by atoms with van der Waals surface area (Å²) in [5, 5.41) is 2.89. The van der Waals surface area contributed by atoms with Gasteiger partial charge < -0.3 is 14.5 Å². The van der Waals surface area contributed by atoms with E-state index in [2.05, 4.69) is 10.3 Å². The first kappa shape index (κ1) is 15.9. The van der Waals surface area contributed by atoms with Crippen molar-refractivity contribution in [1.29, 1.82) is 0 Å². The summed E-state index contributed by atoms with van der Waals surface area (Å²) in [7, 11) is 1.63. The average molecular weight is 326 g/mol. The van der Waals surface area contributed by atoms with Crippen molar-refractivity contribution >= 4 is 17.0 Å². The highest BCUT2D eigenvalue weighted by Crippen LogP contribution is 2.17. The second-order valence-electron chi connectivity index (χ2n) is 5.43. The van der Waals surface area contributed by atoms with E-state index in [0.29, 0.717) is 24.1 Å². The predicted molar refractivity (Wildman–Crippen MR) is 90.2 cm³/mol. The normalized spacial score (nSPS) is 10.7. The van der Waals surface area contributed by atoms with Crippen LogP contribution in [0.15, 0.2) is 51.7 Å². The van der Waals surface area contributed by atoms with Crippen LogP contribution in [0, 0.1) is 0 Å². The van der Waals surface area contributed by atoms with Crippen molar-refractivity contribution in [1.82, 2.24) is 10.3 Å². The molecule has 0 saturated heterocycles. The molecule has 0 aliphatic carbocycles. The Balaban J connectivity index is 1.55. The third-order valence-electron chi connectivity index (χ3n) is 3.76. The van der Waals surface area contributed by atoms with E-state index >= 15 is 0 Å². The van der Waals surface area contributed by atoms with E-state index in [1.54, 1.807) is 25.3 Å². The number of amides is 1. The third-order valence-corrected chi connectivity index (χ3v) is 3.76. The van der Waals surface area contributed by atoms with Gasteiger partial charge in [-0.1, -0.05) is 24.3 Å². The maximum Gasteiger partial charge on any atom is 0.417 e. The van der Waals surface area contributed by atoms with Crippen molar-refractivity contribution < 1.29 is 13.9 Å². The maximum absolute atomic E-state index is 12.1. The number of carbonyl (C=O) groups excluding carboxylic acids is 1. The number of aromatic amines is 1. The smallest absolute Gasteiger partial charge is 0.417 e. The molecule has 6 heteroatoms. The van der Waals surface area contributed by atoms with E-state index < -0.39 is 5.76 Å². The summed E-state index contributed by atoms with van der Waals surface area (Å²) in [6, 6.07) is 13.0. The van der Waals surface area contributed by atoms with Gasteiger partial charge in [-0.3, -0.25) is 9.78 Å². The fourth-order valence-electron chi connectivity index (χ4n) is 2.60. The lowest BCUT2D eigenvalue weighted by molar-refractivity contribution is -0.120. The van der Waals surface area contributed by atoms with Gasteiger partial charge in [0.05, 0.1) is 19.0 Å². The molecule has 0 unspecified atom stereocenters. The molecule has 0 spiro atoms. The van der Waals surface area contributed by atoms with Gasteiger partial charge in [-0.25, -0.2) is 4.79 Å². The van der Waals surface area contributed by atoms with Crippen LogP contribution in [0.2, 0.25) is 0 Å². The number of benzene rings is 2. The molecule has 24 heavy (non-hydrogen) atoms. The van der Waals surface area contributed by atoms with Gasteiger partial charge in [0.15, 0.2) is 5.58 Å². The van der Waals surface area contributed by atoms with Crippen molar-refractivity contribution in [2.24, 2.45) is 0 Å². The molecule has 0 radical (unpaired) electrons. The Labute approximate surface area is 138 Å². The monoisotopic (exact) mass is 326 g/mol. The first-order chi connectivity index (χ1) is 11.7. The molecule has 3 rings (SSSR count). The van der Waals surface area contributed by atoms with Crippen molar-refractivity contribution in [3.05, 3.63) is 64.1 Å².